The number of nitrogens with one attached hydrogen (secondary N) is 1. The van der Waals surface area contributed by atoms with Crippen molar-refractivity contribution in [2.24, 2.45) is 0 Å². The summed E-state index contributed by atoms with van der Waals surface area (Å²) in [6.45, 7) is 2.06. The minimum atomic E-state index is -0.543. The lowest BCUT2D eigenvalue weighted by atomic mass is 9.91. The summed E-state index contributed by atoms with van der Waals surface area (Å²) in [6, 6.07) is 22.7. The van der Waals surface area contributed by atoms with Gasteiger partial charge in [0.25, 0.3) is 0 Å². The highest BCUT2D eigenvalue weighted by atomic mass is 16.5. The van der Waals surface area contributed by atoms with Crippen LogP contribution in [-0.4, -0.2) is 36.3 Å². The van der Waals surface area contributed by atoms with Crippen LogP contribution in [0.15, 0.2) is 78.4 Å². The lowest BCUT2D eigenvalue weighted by Gasteiger charge is -2.32. The second-order valence-corrected chi connectivity index (χ2v) is 7.80. The molecular weight excluding hydrogens is 430 g/mol. The van der Waals surface area contributed by atoms with E-state index < -0.39 is 12.0 Å². The number of rotatable bonds is 6. The van der Waals surface area contributed by atoms with Crippen LogP contribution in [0.3, 0.4) is 0 Å². The normalized spacial score (nSPS) is 15.0. The highest BCUT2D eigenvalue weighted by Gasteiger charge is 2.38. The van der Waals surface area contributed by atoms with Gasteiger partial charge in [-0.05, 0) is 36.8 Å². The van der Waals surface area contributed by atoms with Gasteiger partial charge in [0.2, 0.25) is 5.95 Å². The molecule has 7 heteroatoms. The lowest BCUT2D eigenvalue weighted by Crippen LogP contribution is -2.29. The van der Waals surface area contributed by atoms with Gasteiger partial charge in [-0.2, -0.15) is 0 Å². The Morgan fingerprint density at radius 2 is 1.76 bits per heavy atom. The average molecular weight is 456 g/mol. The number of methoxy groups -OCH3 is 2. The Morgan fingerprint density at radius 3 is 2.50 bits per heavy atom. The van der Waals surface area contributed by atoms with Crippen LogP contribution in [0.2, 0.25) is 0 Å². The van der Waals surface area contributed by atoms with E-state index in [0.29, 0.717) is 28.7 Å². The SMILES string of the molecule is CCOC(=O)C1=C(c2ccccc2)Nc2nc3ccccc3n2C1c1ccc(OC)cc1OC. The molecule has 1 N–H and O–H groups in total. The first-order valence-corrected chi connectivity index (χ1v) is 11.1. The van der Waals surface area contributed by atoms with Gasteiger partial charge in [0, 0.05) is 11.6 Å². The third-order valence-corrected chi connectivity index (χ3v) is 5.93. The highest BCUT2D eigenvalue weighted by molar-refractivity contribution is 6.03. The Morgan fingerprint density at radius 1 is 1.00 bits per heavy atom. The van der Waals surface area contributed by atoms with Crippen molar-refractivity contribution in [2.45, 2.75) is 13.0 Å². The minimum absolute atomic E-state index is 0.258. The van der Waals surface area contributed by atoms with E-state index >= 15 is 0 Å². The van der Waals surface area contributed by atoms with E-state index in [0.717, 1.165) is 22.2 Å². The van der Waals surface area contributed by atoms with Crippen LogP contribution >= 0.6 is 0 Å². The zero-order valence-corrected chi connectivity index (χ0v) is 19.2. The van der Waals surface area contributed by atoms with E-state index in [4.69, 9.17) is 19.2 Å². The van der Waals surface area contributed by atoms with Gasteiger partial charge in [0.15, 0.2) is 0 Å². The molecule has 0 fully saturated rings. The van der Waals surface area contributed by atoms with Crippen molar-refractivity contribution >= 4 is 28.6 Å². The van der Waals surface area contributed by atoms with Crippen LogP contribution in [0.1, 0.15) is 24.1 Å². The van der Waals surface area contributed by atoms with Crippen molar-refractivity contribution in [3.8, 4) is 11.5 Å². The van der Waals surface area contributed by atoms with E-state index in [1.807, 2.05) is 77.4 Å². The molecule has 34 heavy (non-hydrogen) atoms. The van der Waals surface area contributed by atoms with E-state index in [1.165, 1.54) is 0 Å². The largest absolute Gasteiger partial charge is 0.497 e. The molecule has 0 saturated heterocycles. The number of aromatic nitrogens is 2. The van der Waals surface area contributed by atoms with E-state index in [1.54, 1.807) is 21.1 Å². The summed E-state index contributed by atoms with van der Waals surface area (Å²) >= 11 is 0. The van der Waals surface area contributed by atoms with Crippen molar-refractivity contribution in [2.75, 3.05) is 26.1 Å². The maximum atomic E-state index is 13.5. The summed E-state index contributed by atoms with van der Waals surface area (Å²) in [7, 11) is 3.22. The molecule has 4 aromatic rings. The van der Waals surface area contributed by atoms with E-state index in [-0.39, 0.29) is 6.61 Å². The maximum Gasteiger partial charge on any atom is 0.338 e. The van der Waals surface area contributed by atoms with Gasteiger partial charge >= 0.3 is 5.97 Å². The van der Waals surface area contributed by atoms with Crippen molar-refractivity contribution in [1.29, 1.82) is 0 Å². The number of para-hydroxylation sites is 2. The Labute approximate surface area is 197 Å². The number of benzene rings is 3. The number of hydrogen-bond donors (Lipinski definition) is 1. The number of hydrogen-bond acceptors (Lipinski definition) is 6. The molecule has 5 rings (SSSR count). The predicted octanol–water partition coefficient (Wildman–Crippen LogP) is 5.04. The topological polar surface area (TPSA) is 74.6 Å². The molecular formula is C27H25N3O4. The molecule has 0 aliphatic carbocycles. The summed E-state index contributed by atoms with van der Waals surface area (Å²) < 4.78 is 18.8. The van der Waals surface area contributed by atoms with Crippen LogP contribution < -0.4 is 14.8 Å². The van der Waals surface area contributed by atoms with Gasteiger partial charge in [-0.15, -0.1) is 0 Å². The average Bonchev–Trinajstić information content (AvgIpc) is 3.26. The van der Waals surface area contributed by atoms with Gasteiger partial charge < -0.3 is 19.5 Å². The highest BCUT2D eigenvalue weighted by Crippen LogP contribution is 2.45. The fourth-order valence-electron chi connectivity index (χ4n) is 4.43. The van der Waals surface area contributed by atoms with Gasteiger partial charge in [-0.1, -0.05) is 42.5 Å². The Kier molecular flexibility index (Phi) is 5.67. The zero-order valence-electron chi connectivity index (χ0n) is 19.2. The fourth-order valence-corrected chi connectivity index (χ4v) is 4.43. The molecule has 0 spiro atoms. The van der Waals surface area contributed by atoms with E-state index in [9.17, 15) is 4.79 Å². The van der Waals surface area contributed by atoms with Crippen LogP contribution in [-0.2, 0) is 9.53 Å². The zero-order chi connectivity index (χ0) is 23.7. The Bertz CT molecular complexity index is 1390. The molecule has 0 radical (unpaired) electrons. The first kappa shape index (κ1) is 21.6. The van der Waals surface area contributed by atoms with Gasteiger partial charge in [0.05, 0.1) is 43.1 Å². The van der Waals surface area contributed by atoms with Gasteiger partial charge in [-0.25, -0.2) is 9.78 Å². The van der Waals surface area contributed by atoms with Crippen LogP contribution in [0.5, 0.6) is 11.5 Å². The summed E-state index contributed by atoms with van der Waals surface area (Å²) in [4.78, 5) is 18.4. The molecule has 3 aromatic carbocycles. The Balaban J connectivity index is 1.85. The van der Waals surface area contributed by atoms with Crippen LogP contribution in [0, 0.1) is 0 Å². The molecule has 2 heterocycles. The fraction of sp³-hybridized carbons (Fsp3) is 0.185. The van der Waals surface area contributed by atoms with Crippen molar-refractivity contribution < 1.29 is 19.0 Å². The second kappa shape index (κ2) is 8.94. The number of fused-ring (bicyclic) bond motifs is 3. The molecule has 0 bridgehead atoms. The molecule has 1 aliphatic rings. The molecule has 1 aliphatic heterocycles. The number of anilines is 1. The monoisotopic (exact) mass is 455 g/mol. The molecule has 0 saturated carbocycles. The second-order valence-electron chi connectivity index (χ2n) is 7.80. The molecule has 172 valence electrons. The first-order chi connectivity index (χ1) is 16.7. The van der Waals surface area contributed by atoms with Crippen LogP contribution in [0.25, 0.3) is 16.7 Å². The van der Waals surface area contributed by atoms with Crippen molar-refractivity contribution in [3.63, 3.8) is 0 Å². The van der Waals surface area contributed by atoms with Gasteiger partial charge in [0.1, 0.15) is 17.5 Å². The quantitative estimate of drug-likeness (QED) is 0.411. The van der Waals surface area contributed by atoms with E-state index in [2.05, 4.69) is 5.32 Å². The lowest BCUT2D eigenvalue weighted by molar-refractivity contribution is -0.138. The maximum absolute atomic E-state index is 13.5. The molecule has 1 aromatic heterocycles. The summed E-state index contributed by atoms with van der Waals surface area (Å²) in [5.74, 6) is 1.50. The standard InChI is InChI=1S/C27H25N3O4/c1-4-34-26(31)23-24(17-10-6-5-7-11-17)29-27-28-20-12-8-9-13-21(20)30(27)25(23)19-15-14-18(32-2)16-22(19)33-3/h5-16,25H,4H2,1-3H3,(H,28,29). The number of imidazole rings is 1. The number of nitrogens with zero attached hydrogens (tertiary/aromatic N) is 2. The van der Waals surface area contributed by atoms with Crippen LogP contribution in [0.4, 0.5) is 5.95 Å². The van der Waals surface area contributed by atoms with Crippen molar-refractivity contribution in [1.82, 2.24) is 9.55 Å². The predicted molar refractivity (Wildman–Crippen MR) is 131 cm³/mol. The summed E-state index contributed by atoms with van der Waals surface area (Å²) in [5, 5.41) is 3.42. The molecule has 7 nitrogen and oxygen atoms in total. The number of carbonyl (C=O) groups excluding carboxylic acids is 1. The smallest absolute Gasteiger partial charge is 0.338 e. The molecule has 0 amide bonds. The number of carbonyl (C=O) groups is 1. The summed E-state index contributed by atoms with van der Waals surface area (Å²) in [6.07, 6.45) is 0. The Hall–Kier alpha value is -4.26. The first-order valence-electron chi connectivity index (χ1n) is 11.1. The molecule has 1 atom stereocenters. The number of esters is 1. The third kappa shape index (κ3) is 3.55. The molecule has 1 unspecified atom stereocenters. The summed E-state index contributed by atoms with van der Waals surface area (Å²) in [5.41, 5.74) is 4.51. The van der Waals surface area contributed by atoms with Gasteiger partial charge in [-0.3, -0.25) is 4.57 Å². The third-order valence-electron chi connectivity index (χ3n) is 5.93. The van der Waals surface area contributed by atoms with Crippen molar-refractivity contribution in [3.05, 3.63) is 89.5 Å². The number of ether oxygens (including phenoxy) is 3. The minimum Gasteiger partial charge on any atom is -0.497 e.